The molecular weight excluding hydrogens is 482 g/mol. The van der Waals surface area contributed by atoms with Crippen molar-refractivity contribution < 1.29 is 8.76 Å². The maximum atomic E-state index is 11.0. The number of likely N-dealkylation sites (tertiary alicyclic amines) is 2. The van der Waals surface area contributed by atoms with E-state index in [0.29, 0.717) is 12.6 Å². The molecule has 2 saturated heterocycles. The quantitative estimate of drug-likeness (QED) is 0.216. The monoisotopic (exact) mass is 526 g/mol. The summed E-state index contributed by atoms with van der Waals surface area (Å²) in [5.41, 5.74) is 10.3. The van der Waals surface area contributed by atoms with Crippen molar-refractivity contribution in [3.05, 3.63) is 46.7 Å². The lowest BCUT2D eigenvalue weighted by Crippen LogP contribution is -2.43. The van der Waals surface area contributed by atoms with Gasteiger partial charge >= 0.3 is 0 Å². The van der Waals surface area contributed by atoms with Gasteiger partial charge in [-0.05, 0) is 89.9 Å². The van der Waals surface area contributed by atoms with Gasteiger partial charge in [-0.1, -0.05) is 29.3 Å². The highest BCUT2D eigenvalue weighted by molar-refractivity contribution is 7.76. The molecule has 0 bridgehead atoms. The molecule has 2 aromatic rings. The number of allylic oxidation sites excluding steroid dienone is 2. The van der Waals surface area contributed by atoms with Gasteiger partial charge < -0.3 is 14.0 Å². The second-order valence-electron chi connectivity index (χ2n) is 11.4. The number of nitrogens with one attached hydrogen (secondary N) is 2. The average Bonchev–Trinajstić information content (AvgIpc) is 3.53. The fraction of sp³-hybridized carbons (Fsp3) is 0.655. The maximum absolute atomic E-state index is 11.0. The summed E-state index contributed by atoms with van der Waals surface area (Å²) in [4.78, 5) is 7.68. The second kappa shape index (κ2) is 12.5. The van der Waals surface area contributed by atoms with Crippen LogP contribution in [0.15, 0.2) is 35.4 Å². The highest BCUT2D eigenvalue weighted by Crippen LogP contribution is 2.37. The van der Waals surface area contributed by atoms with E-state index in [4.69, 9.17) is 0 Å². The van der Waals surface area contributed by atoms with Crippen LogP contribution in [-0.2, 0) is 24.2 Å². The first-order chi connectivity index (χ1) is 18.0. The van der Waals surface area contributed by atoms with Gasteiger partial charge in [0.2, 0.25) is 0 Å². The summed E-state index contributed by atoms with van der Waals surface area (Å²) in [7, 11) is 0. The fourth-order valence-electron chi connectivity index (χ4n) is 7.03. The molecule has 3 heterocycles. The second-order valence-corrected chi connectivity index (χ2v) is 12.1. The van der Waals surface area contributed by atoms with Crippen molar-refractivity contribution in [1.82, 2.24) is 24.6 Å². The van der Waals surface area contributed by atoms with Gasteiger partial charge in [0.1, 0.15) is 0 Å². The van der Waals surface area contributed by atoms with Crippen molar-refractivity contribution in [3.63, 3.8) is 0 Å². The predicted molar refractivity (Wildman–Crippen MR) is 151 cm³/mol. The van der Waals surface area contributed by atoms with E-state index in [-0.39, 0.29) is 0 Å². The number of hydrogen-bond donors (Lipinski definition) is 2. The Labute approximate surface area is 225 Å². The van der Waals surface area contributed by atoms with Gasteiger partial charge in [0.15, 0.2) is 0 Å². The summed E-state index contributed by atoms with van der Waals surface area (Å²) >= 11 is -2.30. The van der Waals surface area contributed by atoms with E-state index < -0.39 is 11.3 Å². The number of fused-ring (bicyclic) bond motifs is 1. The number of rotatable bonds is 9. The molecule has 7 nitrogen and oxygen atoms in total. The Bertz CT molecular complexity index is 1100. The van der Waals surface area contributed by atoms with Crippen LogP contribution in [0, 0.1) is 0 Å². The number of nitrogens with zero attached hydrogens (tertiary/aromatic N) is 3. The van der Waals surface area contributed by atoms with Crippen LogP contribution in [-0.4, -0.2) is 61.9 Å². The first-order valence-corrected chi connectivity index (χ1v) is 15.4. The Morgan fingerprint density at radius 2 is 1.70 bits per heavy atom. The smallest absolute Gasteiger partial charge is 0.0488 e. The van der Waals surface area contributed by atoms with Crippen molar-refractivity contribution >= 4 is 22.2 Å². The summed E-state index contributed by atoms with van der Waals surface area (Å²) < 4.78 is 24.6. The molecule has 5 rings (SSSR count). The van der Waals surface area contributed by atoms with E-state index in [1.165, 1.54) is 105 Å². The van der Waals surface area contributed by atoms with E-state index in [2.05, 4.69) is 62.7 Å². The summed E-state index contributed by atoms with van der Waals surface area (Å²) in [6, 6.07) is 10.1. The first kappa shape index (κ1) is 27.0. The summed E-state index contributed by atoms with van der Waals surface area (Å²) in [5, 5.41) is 1.37. The van der Waals surface area contributed by atoms with Gasteiger partial charge in [-0.2, -0.15) is 4.83 Å². The Morgan fingerprint density at radius 1 is 1.00 bits per heavy atom. The Kier molecular flexibility index (Phi) is 9.16. The molecule has 1 aromatic heterocycles. The van der Waals surface area contributed by atoms with Crippen LogP contribution < -0.4 is 10.3 Å². The molecule has 0 radical (unpaired) electrons. The lowest BCUT2D eigenvalue weighted by atomic mass is 9.86. The largest absolute Gasteiger partial charge is 0.759 e. The number of aromatic nitrogens is 1. The van der Waals surface area contributed by atoms with E-state index in [0.717, 1.165) is 19.0 Å². The number of piperidine rings is 1. The number of hydrogen-bond acceptors (Lipinski definition) is 5. The van der Waals surface area contributed by atoms with Gasteiger partial charge in [-0.15, -0.1) is 0 Å². The van der Waals surface area contributed by atoms with Crippen LogP contribution in [0.25, 0.3) is 10.9 Å². The average molecular weight is 527 g/mol. The molecule has 204 valence electrons. The van der Waals surface area contributed by atoms with Crippen LogP contribution in [0.2, 0.25) is 0 Å². The van der Waals surface area contributed by atoms with Gasteiger partial charge in [0, 0.05) is 72.5 Å². The molecule has 0 amide bonds. The zero-order valence-electron chi connectivity index (χ0n) is 22.6. The molecule has 2 N–H and O–H groups in total. The standard InChI is InChI=1S/C29H45N5O2S/c1-22(2)23-9-11-24(12-10-23)33-19-14-25(15-20-33)34-28-8-4-3-7-26(28)27(21-32-17-5-6-18-32)29(34)13-16-30-31-37(35)36/h3-4,7-8,24-25,30-31H,5-6,9-21H2,1-2H3,(H,35,36)/p-1. The molecule has 1 unspecified atom stereocenters. The Morgan fingerprint density at radius 3 is 2.38 bits per heavy atom. The predicted octanol–water partition coefficient (Wildman–Crippen LogP) is 4.58. The van der Waals surface area contributed by atoms with Crippen molar-refractivity contribution in [1.29, 1.82) is 0 Å². The van der Waals surface area contributed by atoms with E-state index in [1.54, 1.807) is 5.57 Å². The van der Waals surface area contributed by atoms with Crippen LogP contribution in [0.1, 0.15) is 82.5 Å². The normalized spacial score (nSPS) is 23.2. The molecule has 1 saturated carbocycles. The summed E-state index contributed by atoms with van der Waals surface area (Å²) in [6.45, 7) is 10.8. The molecule has 1 atom stereocenters. The first-order valence-electron chi connectivity index (χ1n) is 14.3. The number of benzene rings is 1. The number of hydrazine groups is 1. The zero-order valence-corrected chi connectivity index (χ0v) is 23.5. The van der Waals surface area contributed by atoms with Crippen molar-refractivity contribution in [2.45, 2.75) is 90.3 Å². The molecule has 3 aliphatic rings. The molecule has 1 aromatic carbocycles. The van der Waals surface area contributed by atoms with Crippen LogP contribution >= 0.6 is 0 Å². The minimum absolute atomic E-state index is 0.488. The lowest BCUT2D eigenvalue weighted by Gasteiger charge is -2.41. The molecule has 37 heavy (non-hydrogen) atoms. The molecule has 0 spiro atoms. The van der Waals surface area contributed by atoms with Crippen LogP contribution in [0.5, 0.6) is 0 Å². The molecule has 2 aliphatic heterocycles. The SMILES string of the molecule is CC(C)=C1CCC(N2CCC(n3c(CCNNS(=O)[O-])c(CN4CCCC4)c4ccccc43)CC2)CC1. The molecule has 3 fully saturated rings. The third-order valence-corrected chi connectivity index (χ3v) is 9.31. The van der Waals surface area contributed by atoms with E-state index in [9.17, 15) is 8.76 Å². The van der Waals surface area contributed by atoms with Gasteiger partial charge in [-0.3, -0.25) is 9.11 Å². The highest BCUT2D eigenvalue weighted by Gasteiger charge is 2.31. The third kappa shape index (κ3) is 6.37. The Hall–Kier alpha value is -1.55. The minimum atomic E-state index is -2.30. The van der Waals surface area contributed by atoms with E-state index >= 15 is 0 Å². The van der Waals surface area contributed by atoms with Crippen molar-refractivity contribution in [3.8, 4) is 0 Å². The van der Waals surface area contributed by atoms with Crippen LogP contribution in [0.4, 0.5) is 0 Å². The molecular formula is C29H44N5O2S-. The maximum Gasteiger partial charge on any atom is 0.0488 e. The minimum Gasteiger partial charge on any atom is -0.759 e. The molecule has 1 aliphatic carbocycles. The fourth-order valence-corrected chi connectivity index (χ4v) is 7.25. The Balaban J connectivity index is 1.36. The zero-order chi connectivity index (χ0) is 25.8. The van der Waals surface area contributed by atoms with Gasteiger partial charge in [0.05, 0.1) is 0 Å². The topological polar surface area (TPSA) is 75.6 Å². The number of para-hydroxylation sites is 1. The van der Waals surface area contributed by atoms with Crippen molar-refractivity contribution in [2.75, 3.05) is 32.7 Å². The van der Waals surface area contributed by atoms with E-state index in [1.807, 2.05) is 0 Å². The van der Waals surface area contributed by atoms with Crippen LogP contribution in [0.3, 0.4) is 0 Å². The van der Waals surface area contributed by atoms with Gasteiger partial charge in [0.25, 0.3) is 0 Å². The molecule has 8 heteroatoms. The van der Waals surface area contributed by atoms with Crippen molar-refractivity contribution in [2.24, 2.45) is 0 Å². The summed E-state index contributed by atoms with van der Waals surface area (Å²) in [5.74, 6) is 0. The third-order valence-electron chi connectivity index (χ3n) is 9.00. The van der Waals surface area contributed by atoms with Gasteiger partial charge in [-0.25, -0.2) is 5.43 Å². The lowest BCUT2D eigenvalue weighted by molar-refractivity contribution is 0.116. The highest BCUT2D eigenvalue weighted by atomic mass is 32.2. The summed E-state index contributed by atoms with van der Waals surface area (Å²) in [6.07, 6.45) is 10.9.